The third-order valence-electron chi connectivity index (χ3n) is 6.94. The van der Waals surface area contributed by atoms with Gasteiger partial charge in [0, 0.05) is 12.6 Å². The van der Waals surface area contributed by atoms with E-state index >= 15 is 0 Å². The average molecular weight is 560 g/mol. The zero-order valence-electron chi connectivity index (χ0n) is 23.4. The van der Waals surface area contributed by atoms with Crippen LogP contribution in [0.15, 0.2) is 48.5 Å². The number of ether oxygens (including phenoxy) is 2. The number of rotatable bonds is 13. The number of carbonyl (C=O) groups is 2. The highest BCUT2D eigenvalue weighted by Gasteiger charge is 2.33. The van der Waals surface area contributed by atoms with Crippen molar-refractivity contribution in [2.24, 2.45) is 0 Å². The monoisotopic (exact) mass is 559 g/mol. The number of benzene rings is 2. The molecule has 0 spiro atoms. The Balaban J connectivity index is 1.96. The lowest BCUT2D eigenvalue weighted by atomic mass is 9.95. The third kappa shape index (κ3) is 8.36. The van der Waals surface area contributed by atoms with Crippen LogP contribution in [0.2, 0.25) is 0 Å². The molecule has 0 aromatic heterocycles. The first-order valence-electron chi connectivity index (χ1n) is 13.6. The maximum atomic E-state index is 14.0. The van der Waals surface area contributed by atoms with Crippen molar-refractivity contribution in [1.29, 1.82) is 0 Å². The standard InChI is InChI=1S/C29H41N3O6S/c1-5-25(29(34)30-23-14-8-7-9-15-23)31(20-22-13-12-16-24(19-22)37-3)28(33)21-32(39(4,35)36)26-17-10-11-18-27(26)38-6-2/h10-13,16-19,23,25H,5-9,14-15,20-21H2,1-4H3,(H,30,34)/t25-/m0/s1. The lowest BCUT2D eigenvalue weighted by Crippen LogP contribution is -2.54. The second-order valence-corrected chi connectivity index (χ2v) is 11.7. The second-order valence-electron chi connectivity index (χ2n) is 9.81. The van der Waals surface area contributed by atoms with Gasteiger partial charge in [0.2, 0.25) is 21.8 Å². The molecule has 1 saturated carbocycles. The fourth-order valence-corrected chi connectivity index (χ4v) is 5.82. The molecule has 1 fully saturated rings. The Labute approximate surface area is 232 Å². The Hall–Kier alpha value is -3.27. The molecule has 2 amide bonds. The molecule has 0 unspecified atom stereocenters. The van der Waals surface area contributed by atoms with Gasteiger partial charge in [-0.1, -0.05) is 50.5 Å². The van der Waals surface area contributed by atoms with Gasteiger partial charge in [0.05, 0.1) is 25.7 Å². The van der Waals surface area contributed by atoms with Crippen molar-refractivity contribution < 1.29 is 27.5 Å². The van der Waals surface area contributed by atoms with Gasteiger partial charge in [0.1, 0.15) is 24.1 Å². The topological polar surface area (TPSA) is 105 Å². The molecule has 3 rings (SSSR count). The lowest BCUT2D eigenvalue weighted by Gasteiger charge is -2.34. The zero-order chi connectivity index (χ0) is 28.4. The van der Waals surface area contributed by atoms with Gasteiger partial charge in [-0.05, 0) is 56.0 Å². The summed E-state index contributed by atoms with van der Waals surface area (Å²) in [5.74, 6) is 0.282. The fourth-order valence-electron chi connectivity index (χ4n) is 4.97. The van der Waals surface area contributed by atoms with E-state index in [0.29, 0.717) is 24.5 Å². The van der Waals surface area contributed by atoms with E-state index in [1.165, 1.54) is 4.90 Å². The maximum Gasteiger partial charge on any atom is 0.244 e. The Kier molecular flexibility index (Phi) is 11.0. The molecule has 39 heavy (non-hydrogen) atoms. The van der Waals surface area contributed by atoms with Gasteiger partial charge in [0.15, 0.2) is 0 Å². The number of anilines is 1. The van der Waals surface area contributed by atoms with Crippen LogP contribution in [0.25, 0.3) is 0 Å². The van der Waals surface area contributed by atoms with E-state index in [1.54, 1.807) is 44.4 Å². The summed E-state index contributed by atoms with van der Waals surface area (Å²) in [6, 6.07) is 13.3. The van der Waals surface area contributed by atoms with E-state index in [-0.39, 0.29) is 24.2 Å². The van der Waals surface area contributed by atoms with Crippen molar-refractivity contribution in [2.45, 2.75) is 71.0 Å². The van der Waals surface area contributed by atoms with Crippen molar-refractivity contribution in [2.75, 3.05) is 30.8 Å². The Bertz CT molecular complexity index is 1210. The number of hydrogen-bond acceptors (Lipinski definition) is 6. The minimum absolute atomic E-state index is 0.0830. The SMILES string of the molecule is CCOc1ccccc1N(CC(=O)N(Cc1cccc(OC)c1)[C@@H](CC)C(=O)NC1CCCCC1)S(C)(=O)=O. The molecule has 1 aliphatic rings. The van der Waals surface area contributed by atoms with Crippen LogP contribution in [0.4, 0.5) is 5.69 Å². The van der Waals surface area contributed by atoms with Crippen molar-refractivity contribution in [3.05, 3.63) is 54.1 Å². The first kappa shape index (κ1) is 30.3. The number of nitrogens with one attached hydrogen (secondary N) is 1. The first-order chi connectivity index (χ1) is 18.7. The Morgan fingerprint density at radius 3 is 2.41 bits per heavy atom. The first-order valence-corrected chi connectivity index (χ1v) is 15.4. The summed E-state index contributed by atoms with van der Waals surface area (Å²) in [4.78, 5) is 29.0. The molecule has 2 aromatic rings. The molecule has 0 heterocycles. The predicted octanol–water partition coefficient (Wildman–Crippen LogP) is 4.12. The molecule has 10 heteroatoms. The molecule has 0 aliphatic heterocycles. The van der Waals surface area contributed by atoms with Crippen molar-refractivity contribution in [1.82, 2.24) is 10.2 Å². The van der Waals surface area contributed by atoms with Gasteiger partial charge >= 0.3 is 0 Å². The number of amides is 2. The second kappa shape index (κ2) is 14.2. The summed E-state index contributed by atoms with van der Waals surface area (Å²) in [7, 11) is -2.30. The molecule has 9 nitrogen and oxygen atoms in total. The molecule has 1 atom stereocenters. The van der Waals surface area contributed by atoms with Gasteiger partial charge in [-0.2, -0.15) is 0 Å². The largest absolute Gasteiger partial charge is 0.497 e. The molecular formula is C29H41N3O6S. The van der Waals surface area contributed by atoms with Crippen molar-refractivity contribution in [3.8, 4) is 11.5 Å². The van der Waals surface area contributed by atoms with Crippen LogP contribution < -0.4 is 19.1 Å². The number of carbonyl (C=O) groups excluding carboxylic acids is 2. The van der Waals surface area contributed by atoms with Crippen LogP contribution >= 0.6 is 0 Å². The molecule has 1 N–H and O–H groups in total. The van der Waals surface area contributed by atoms with Crippen molar-refractivity contribution in [3.63, 3.8) is 0 Å². The highest BCUT2D eigenvalue weighted by atomic mass is 32.2. The number of hydrogen-bond donors (Lipinski definition) is 1. The van der Waals surface area contributed by atoms with E-state index in [1.807, 2.05) is 25.1 Å². The summed E-state index contributed by atoms with van der Waals surface area (Å²) in [5, 5.41) is 3.15. The zero-order valence-corrected chi connectivity index (χ0v) is 24.2. The minimum Gasteiger partial charge on any atom is -0.497 e. The number of para-hydroxylation sites is 2. The van der Waals surface area contributed by atoms with E-state index in [9.17, 15) is 18.0 Å². The van der Waals surface area contributed by atoms with Gasteiger partial charge in [-0.15, -0.1) is 0 Å². The fraction of sp³-hybridized carbons (Fsp3) is 0.517. The summed E-state index contributed by atoms with van der Waals surface area (Å²) in [6.45, 7) is 3.65. The van der Waals surface area contributed by atoms with E-state index in [2.05, 4.69) is 5.32 Å². The average Bonchev–Trinajstić information content (AvgIpc) is 2.92. The van der Waals surface area contributed by atoms with E-state index in [4.69, 9.17) is 9.47 Å². The molecular weight excluding hydrogens is 518 g/mol. The van der Waals surface area contributed by atoms with Gasteiger partial charge in [-0.3, -0.25) is 13.9 Å². The summed E-state index contributed by atoms with van der Waals surface area (Å²) in [6.07, 6.45) is 6.57. The maximum absolute atomic E-state index is 14.0. The molecule has 0 saturated heterocycles. The Morgan fingerprint density at radius 2 is 1.77 bits per heavy atom. The van der Waals surface area contributed by atoms with Gasteiger partial charge in [0.25, 0.3) is 0 Å². The van der Waals surface area contributed by atoms with Crippen molar-refractivity contribution >= 4 is 27.5 Å². The Morgan fingerprint density at radius 1 is 1.05 bits per heavy atom. The molecule has 214 valence electrons. The minimum atomic E-state index is -3.86. The van der Waals surface area contributed by atoms with Crippen LogP contribution in [-0.4, -0.2) is 63.7 Å². The molecule has 0 radical (unpaired) electrons. The third-order valence-corrected chi connectivity index (χ3v) is 8.06. The number of nitrogens with zero attached hydrogens (tertiary/aromatic N) is 2. The van der Waals surface area contributed by atoms with Crippen LogP contribution in [0, 0.1) is 0 Å². The lowest BCUT2D eigenvalue weighted by molar-refractivity contribution is -0.140. The van der Waals surface area contributed by atoms with Gasteiger partial charge < -0.3 is 19.7 Å². The molecule has 1 aliphatic carbocycles. The molecule has 0 bridgehead atoms. The van der Waals surface area contributed by atoms with Crippen LogP contribution in [0.5, 0.6) is 11.5 Å². The summed E-state index contributed by atoms with van der Waals surface area (Å²) >= 11 is 0. The highest BCUT2D eigenvalue weighted by Crippen LogP contribution is 2.30. The van der Waals surface area contributed by atoms with E-state index in [0.717, 1.165) is 48.2 Å². The van der Waals surface area contributed by atoms with Gasteiger partial charge in [-0.25, -0.2) is 8.42 Å². The number of sulfonamides is 1. The van der Waals surface area contributed by atoms with Crippen LogP contribution in [0.3, 0.4) is 0 Å². The van der Waals surface area contributed by atoms with Crippen LogP contribution in [-0.2, 0) is 26.2 Å². The van der Waals surface area contributed by atoms with E-state index < -0.39 is 28.5 Å². The molecule has 2 aromatic carbocycles. The number of methoxy groups -OCH3 is 1. The summed E-state index contributed by atoms with van der Waals surface area (Å²) < 4.78 is 37.9. The smallest absolute Gasteiger partial charge is 0.244 e. The highest BCUT2D eigenvalue weighted by molar-refractivity contribution is 7.92. The summed E-state index contributed by atoms with van der Waals surface area (Å²) in [5.41, 5.74) is 1.04. The quantitative estimate of drug-likeness (QED) is 0.396. The van der Waals surface area contributed by atoms with Crippen LogP contribution in [0.1, 0.15) is 57.9 Å². The normalized spacial score (nSPS) is 14.8. The predicted molar refractivity (Wildman–Crippen MR) is 152 cm³/mol.